The molecule has 0 spiro atoms. The fourth-order valence-corrected chi connectivity index (χ4v) is 9.34. The van der Waals surface area contributed by atoms with Gasteiger partial charge < -0.3 is 8.98 Å². The minimum absolute atomic E-state index is 0.919. The number of hydrogen-bond acceptors (Lipinski definition) is 2. The molecule has 0 saturated carbocycles. The highest BCUT2D eigenvalue weighted by molar-refractivity contribution is 7.27. The van der Waals surface area contributed by atoms with Crippen molar-refractivity contribution in [1.29, 1.82) is 0 Å². The maximum absolute atomic E-state index is 6.18. The molecular weight excluding hydrogens is 615 g/mol. The van der Waals surface area contributed by atoms with Crippen LogP contribution in [0.25, 0.3) is 103 Å². The Morgan fingerprint density at radius 3 is 1.94 bits per heavy atom. The number of fused-ring (bicyclic) bond motifs is 13. The molecule has 0 aliphatic rings. The highest BCUT2D eigenvalue weighted by Gasteiger charge is 2.21. The van der Waals surface area contributed by atoms with Crippen LogP contribution < -0.4 is 0 Å². The molecule has 3 heteroatoms. The summed E-state index contributed by atoms with van der Waals surface area (Å²) in [6.45, 7) is 0. The first-order valence-electron chi connectivity index (χ1n) is 16.7. The van der Waals surface area contributed by atoms with Gasteiger partial charge in [-0.15, -0.1) is 11.3 Å². The molecule has 0 amide bonds. The van der Waals surface area contributed by atoms with Crippen molar-refractivity contribution < 1.29 is 4.42 Å². The molecule has 0 aliphatic heterocycles. The Kier molecular flexibility index (Phi) is 5.57. The predicted molar refractivity (Wildman–Crippen MR) is 209 cm³/mol. The lowest BCUT2D eigenvalue weighted by atomic mass is 9.97. The Labute approximate surface area is 285 Å². The zero-order valence-corrected chi connectivity index (χ0v) is 27.2. The van der Waals surface area contributed by atoms with E-state index in [0.29, 0.717) is 0 Å². The van der Waals surface area contributed by atoms with E-state index in [9.17, 15) is 0 Å². The Bertz CT molecular complexity index is 3100. The predicted octanol–water partition coefficient (Wildman–Crippen LogP) is 13.5. The van der Waals surface area contributed by atoms with Crippen molar-refractivity contribution in [3.63, 3.8) is 0 Å². The third kappa shape index (κ3) is 3.82. The molecule has 0 saturated heterocycles. The van der Waals surface area contributed by atoms with Gasteiger partial charge in [-0.05, 0) is 69.4 Å². The first-order chi connectivity index (χ1) is 24.3. The summed E-state index contributed by atoms with van der Waals surface area (Å²) in [4.78, 5) is 0. The van der Waals surface area contributed by atoms with Crippen molar-refractivity contribution in [2.45, 2.75) is 0 Å². The quantitative estimate of drug-likeness (QED) is 0.188. The van der Waals surface area contributed by atoms with Crippen LogP contribution in [-0.4, -0.2) is 4.57 Å². The van der Waals surface area contributed by atoms with Crippen molar-refractivity contribution in [2.75, 3.05) is 0 Å². The van der Waals surface area contributed by atoms with Gasteiger partial charge >= 0.3 is 0 Å². The zero-order valence-electron chi connectivity index (χ0n) is 26.4. The fourth-order valence-electron chi connectivity index (χ4n) is 8.08. The van der Waals surface area contributed by atoms with Gasteiger partial charge in [-0.1, -0.05) is 127 Å². The molecule has 2 nitrogen and oxygen atoms in total. The van der Waals surface area contributed by atoms with E-state index in [1.807, 2.05) is 23.5 Å². The second kappa shape index (κ2) is 10.2. The van der Waals surface area contributed by atoms with Crippen LogP contribution in [0.4, 0.5) is 0 Å². The third-order valence-electron chi connectivity index (χ3n) is 10.2. The molecule has 0 unspecified atom stereocenters. The molecule has 11 rings (SSSR count). The largest absolute Gasteiger partial charge is 0.456 e. The molecule has 0 radical (unpaired) electrons. The maximum atomic E-state index is 6.18. The molecule has 0 bridgehead atoms. The van der Waals surface area contributed by atoms with Crippen LogP contribution in [0, 0.1) is 0 Å². The third-order valence-corrected chi connectivity index (χ3v) is 11.4. The average molecular weight is 642 g/mol. The second-order valence-corrected chi connectivity index (χ2v) is 13.9. The van der Waals surface area contributed by atoms with Gasteiger partial charge in [-0.25, -0.2) is 0 Å². The van der Waals surface area contributed by atoms with E-state index >= 15 is 0 Å². The van der Waals surface area contributed by atoms with Crippen LogP contribution in [0.1, 0.15) is 0 Å². The Hall–Kier alpha value is -6.16. The monoisotopic (exact) mass is 641 g/mol. The van der Waals surface area contributed by atoms with E-state index < -0.39 is 0 Å². The van der Waals surface area contributed by atoms with Crippen molar-refractivity contribution in [3.8, 4) is 27.9 Å². The summed E-state index contributed by atoms with van der Waals surface area (Å²) in [5.74, 6) is 0. The van der Waals surface area contributed by atoms with Crippen molar-refractivity contribution in [2.24, 2.45) is 0 Å². The van der Waals surface area contributed by atoms with E-state index in [4.69, 9.17) is 4.42 Å². The van der Waals surface area contributed by atoms with Crippen LogP contribution in [-0.2, 0) is 0 Å². The smallest absolute Gasteiger partial charge is 0.136 e. The van der Waals surface area contributed by atoms with Crippen LogP contribution in [0.15, 0.2) is 168 Å². The van der Waals surface area contributed by atoms with Crippen LogP contribution >= 0.6 is 11.3 Å². The van der Waals surface area contributed by atoms with Gasteiger partial charge in [0, 0.05) is 42.7 Å². The summed E-state index contributed by atoms with van der Waals surface area (Å²) in [6.07, 6.45) is 0. The van der Waals surface area contributed by atoms with Crippen molar-refractivity contribution in [1.82, 2.24) is 4.57 Å². The van der Waals surface area contributed by atoms with Crippen LogP contribution in [0.3, 0.4) is 0 Å². The van der Waals surface area contributed by atoms with Crippen LogP contribution in [0.5, 0.6) is 0 Å². The number of aromatic nitrogens is 1. The Balaban J connectivity index is 1.12. The van der Waals surface area contributed by atoms with E-state index in [1.165, 1.54) is 80.4 Å². The summed E-state index contributed by atoms with van der Waals surface area (Å²) in [6, 6.07) is 59.3. The van der Waals surface area contributed by atoms with Gasteiger partial charge in [-0.3, -0.25) is 0 Å². The first kappa shape index (κ1) is 26.9. The van der Waals surface area contributed by atoms with Gasteiger partial charge in [0.2, 0.25) is 0 Å². The minimum atomic E-state index is 0.919. The Morgan fingerprint density at radius 2 is 1.08 bits per heavy atom. The van der Waals surface area contributed by atoms with Crippen molar-refractivity contribution >= 4 is 86.0 Å². The lowest BCUT2D eigenvalue weighted by Gasteiger charge is -2.12. The number of rotatable bonds is 3. The summed E-state index contributed by atoms with van der Waals surface area (Å²) in [5.41, 5.74) is 10.3. The SMILES string of the molecule is c1cc(-c2ccc(-c3cccc4oc5ccccc5c34)cc2)cc(-n2c3ccccc3c3c4ccccc4c4c5ccccc5sc4c32)c1. The zero-order chi connectivity index (χ0) is 32.1. The lowest BCUT2D eigenvalue weighted by Crippen LogP contribution is -1.94. The molecule has 11 aromatic rings. The van der Waals surface area contributed by atoms with Gasteiger partial charge in [0.15, 0.2) is 0 Å². The molecule has 0 atom stereocenters. The van der Waals surface area contributed by atoms with E-state index in [-0.39, 0.29) is 0 Å². The van der Waals surface area contributed by atoms with E-state index in [1.54, 1.807) is 0 Å². The number of hydrogen-bond donors (Lipinski definition) is 0. The topological polar surface area (TPSA) is 18.1 Å². The van der Waals surface area contributed by atoms with Gasteiger partial charge in [0.25, 0.3) is 0 Å². The molecule has 0 N–H and O–H groups in total. The highest BCUT2D eigenvalue weighted by atomic mass is 32.1. The summed E-state index contributed by atoms with van der Waals surface area (Å²) >= 11 is 1.90. The molecule has 3 heterocycles. The molecular formula is C46H27NOS. The maximum Gasteiger partial charge on any atom is 0.136 e. The lowest BCUT2D eigenvalue weighted by molar-refractivity contribution is 0.669. The number of para-hydroxylation sites is 2. The van der Waals surface area contributed by atoms with E-state index in [2.05, 4.69) is 156 Å². The fraction of sp³-hybridized carbons (Fsp3) is 0. The molecule has 0 fully saturated rings. The number of furan rings is 1. The number of thiophene rings is 1. The standard InChI is InChI=1S/C46H27NOS/c1-2-14-34-33(13-1)43-35-15-3-6-19-38(35)47(45(43)46-44(34)37-17-5-8-22-41(37)49-46)31-12-9-11-30(27-31)28-23-25-29(26-24-28)32-18-10-21-40-42(32)36-16-4-7-20-39(36)48-40/h1-27H. The molecule has 3 aromatic heterocycles. The van der Waals surface area contributed by atoms with Gasteiger partial charge in [0.05, 0.1) is 15.7 Å². The number of nitrogens with zero attached hydrogens (tertiary/aromatic N) is 1. The first-order valence-corrected chi connectivity index (χ1v) is 17.5. The molecule has 8 aromatic carbocycles. The summed E-state index contributed by atoms with van der Waals surface area (Å²) in [5, 5.41) is 10.2. The molecule has 0 aliphatic carbocycles. The minimum Gasteiger partial charge on any atom is -0.456 e. The molecule has 49 heavy (non-hydrogen) atoms. The number of benzene rings is 8. The normalized spacial score (nSPS) is 12.1. The summed E-state index contributed by atoms with van der Waals surface area (Å²) in [7, 11) is 0. The van der Waals surface area contributed by atoms with Crippen molar-refractivity contribution in [3.05, 3.63) is 164 Å². The van der Waals surface area contributed by atoms with Gasteiger partial charge in [-0.2, -0.15) is 0 Å². The van der Waals surface area contributed by atoms with Crippen LogP contribution in [0.2, 0.25) is 0 Å². The second-order valence-electron chi connectivity index (χ2n) is 12.8. The van der Waals surface area contributed by atoms with Gasteiger partial charge in [0.1, 0.15) is 11.2 Å². The summed E-state index contributed by atoms with van der Waals surface area (Å²) < 4.78 is 11.3. The van der Waals surface area contributed by atoms with E-state index in [0.717, 1.165) is 22.2 Å². The highest BCUT2D eigenvalue weighted by Crippen LogP contribution is 2.48. The Morgan fingerprint density at radius 1 is 0.429 bits per heavy atom. The average Bonchev–Trinajstić information content (AvgIpc) is 3.85. The molecule has 228 valence electrons.